The van der Waals surface area contributed by atoms with E-state index >= 15 is 0 Å². The molecule has 0 bridgehead atoms. The zero-order valence-electron chi connectivity index (χ0n) is 11.6. The highest BCUT2D eigenvalue weighted by atomic mass is 35.5. The van der Waals surface area contributed by atoms with Crippen LogP contribution in [0, 0.1) is 0 Å². The van der Waals surface area contributed by atoms with Crippen LogP contribution < -0.4 is 5.73 Å². The summed E-state index contributed by atoms with van der Waals surface area (Å²) in [6, 6.07) is 9.22. The Kier molecular flexibility index (Phi) is 3.94. The van der Waals surface area contributed by atoms with Crippen LogP contribution in [0.15, 0.2) is 36.5 Å². The Morgan fingerprint density at radius 1 is 1.43 bits per heavy atom. The monoisotopic (exact) mass is 304 g/mol. The molecule has 1 atom stereocenters. The second-order valence-electron chi connectivity index (χ2n) is 5.16. The maximum atomic E-state index is 12.5. The Bertz CT molecular complexity index is 655. The van der Waals surface area contributed by atoms with Crippen LogP contribution >= 0.6 is 11.6 Å². The summed E-state index contributed by atoms with van der Waals surface area (Å²) in [7, 11) is 0. The second-order valence-corrected chi connectivity index (χ2v) is 5.59. The van der Waals surface area contributed by atoms with E-state index in [-0.39, 0.29) is 11.9 Å². The molecule has 1 aliphatic rings. The molecule has 0 saturated carbocycles. The van der Waals surface area contributed by atoms with Crippen molar-refractivity contribution < 1.29 is 4.79 Å². The molecule has 110 valence electrons. The molecule has 3 rings (SSSR count). The maximum Gasteiger partial charge on any atom is 0.274 e. The van der Waals surface area contributed by atoms with Gasteiger partial charge in [-0.05, 0) is 37.1 Å². The van der Waals surface area contributed by atoms with Crippen molar-refractivity contribution >= 4 is 17.5 Å². The zero-order chi connectivity index (χ0) is 14.8. The third kappa shape index (κ3) is 2.80. The van der Waals surface area contributed by atoms with E-state index in [0.717, 1.165) is 25.1 Å². The predicted octanol–water partition coefficient (Wildman–Crippen LogP) is 2.09. The summed E-state index contributed by atoms with van der Waals surface area (Å²) in [5.41, 5.74) is 6.99. The van der Waals surface area contributed by atoms with E-state index in [1.54, 1.807) is 29.1 Å². The molecule has 1 aromatic heterocycles. The quantitative estimate of drug-likeness (QED) is 0.944. The lowest BCUT2D eigenvalue weighted by Crippen LogP contribution is -2.40. The number of nitrogens with two attached hydrogens (primary N) is 1. The maximum absolute atomic E-state index is 12.5. The first-order chi connectivity index (χ1) is 10.2. The first kappa shape index (κ1) is 14.1. The van der Waals surface area contributed by atoms with Crippen LogP contribution in [0.5, 0.6) is 0 Å². The van der Waals surface area contributed by atoms with Crippen molar-refractivity contribution in [1.29, 1.82) is 0 Å². The minimum Gasteiger partial charge on any atom is -0.333 e. The first-order valence-corrected chi connectivity index (χ1v) is 7.39. The lowest BCUT2D eigenvalue weighted by Gasteiger charge is -2.22. The number of likely N-dealkylation sites (tertiary alicyclic amines) is 1. The van der Waals surface area contributed by atoms with Gasteiger partial charge in [0, 0.05) is 30.4 Å². The lowest BCUT2D eigenvalue weighted by atomic mass is 10.2. The number of nitrogens with zero attached hydrogens (tertiary/aromatic N) is 3. The fraction of sp³-hybridized carbons (Fsp3) is 0.333. The third-order valence-corrected chi connectivity index (χ3v) is 4.03. The van der Waals surface area contributed by atoms with Gasteiger partial charge in [-0.2, -0.15) is 5.10 Å². The van der Waals surface area contributed by atoms with Crippen LogP contribution in [0.25, 0.3) is 5.69 Å². The molecule has 2 heterocycles. The van der Waals surface area contributed by atoms with Crippen LogP contribution in [-0.4, -0.2) is 39.7 Å². The average Bonchev–Trinajstić information content (AvgIpc) is 3.15. The minimum atomic E-state index is -0.0521. The number of carbonyl (C=O) groups excluding carboxylic acids is 1. The number of aromatic nitrogens is 2. The van der Waals surface area contributed by atoms with Crippen LogP contribution in [0.2, 0.25) is 5.02 Å². The van der Waals surface area contributed by atoms with E-state index < -0.39 is 0 Å². The molecule has 6 heteroatoms. The van der Waals surface area contributed by atoms with E-state index in [1.807, 2.05) is 17.0 Å². The molecule has 2 aromatic rings. The van der Waals surface area contributed by atoms with Crippen molar-refractivity contribution in [2.75, 3.05) is 13.1 Å². The van der Waals surface area contributed by atoms with Gasteiger partial charge in [-0.25, -0.2) is 4.68 Å². The molecule has 1 aromatic carbocycles. The molecule has 1 aliphatic heterocycles. The van der Waals surface area contributed by atoms with Crippen molar-refractivity contribution in [3.05, 3.63) is 47.2 Å². The Hall–Kier alpha value is -1.85. The van der Waals surface area contributed by atoms with Gasteiger partial charge < -0.3 is 10.6 Å². The largest absolute Gasteiger partial charge is 0.333 e. The van der Waals surface area contributed by atoms with Gasteiger partial charge >= 0.3 is 0 Å². The fourth-order valence-corrected chi connectivity index (χ4v) is 2.88. The minimum absolute atomic E-state index is 0.0521. The van der Waals surface area contributed by atoms with Gasteiger partial charge in [0.1, 0.15) is 0 Å². The fourth-order valence-electron chi connectivity index (χ4n) is 2.70. The number of hydrogen-bond acceptors (Lipinski definition) is 3. The van der Waals surface area contributed by atoms with Gasteiger partial charge in [0.15, 0.2) is 5.69 Å². The standard InChI is InChI=1S/C15H17ClN4O/c16-11-3-1-4-12(9-11)20-8-6-14(18-20)15(21)19-7-2-5-13(19)10-17/h1,3-4,6,8-9,13H,2,5,7,10,17H2/t13-/m0/s1. The normalized spacial score (nSPS) is 18.2. The highest BCUT2D eigenvalue weighted by molar-refractivity contribution is 6.30. The van der Waals surface area contributed by atoms with E-state index in [0.29, 0.717) is 17.3 Å². The molecule has 5 nitrogen and oxygen atoms in total. The predicted molar refractivity (Wildman–Crippen MR) is 81.7 cm³/mol. The van der Waals surface area contributed by atoms with Crippen molar-refractivity contribution in [3.8, 4) is 5.69 Å². The van der Waals surface area contributed by atoms with Crippen molar-refractivity contribution in [2.24, 2.45) is 5.73 Å². The molecule has 21 heavy (non-hydrogen) atoms. The highest BCUT2D eigenvalue weighted by Crippen LogP contribution is 2.19. The molecule has 1 fully saturated rings. The molecule has 0 radical (unpaired) electrons. The Labute approximate surface area is 128 Å². The molecule has 1 saturated heterocycles. The summed E-state index contributed by atoms with van der Waals surface area (Å²) >= 11 is 5.98. The van der Waals surface area contributed by atoms with Crippen LogP contribution in [-0.2, 0) is 0 Å². The smallest absolute Gasteiger partial charge is 0.274 e. The molecule has 2 N–H and O–H groups in total. The Morgan fingerprint density at radius 2 is 2.29 bits per heavy atom. The zero-order valence-corrected chi connectivity index (χ0v) is 12.3. The Morgan fingerprint density at radius 3 is 3.05 bits per heavy atom. The summed E-state index contributed by atoms with van der Waals surface area (Å²) in [6.07, 6.45) is 3.74. The van der Waals surface area contributed by atoms with Crippen molar-refractivity contribution in [2.45, 2.75) is 18.9 Å². The topological polar surface area (TPSA) is 64.2 Å². The molecule has 0 unspecified atom stereocenters. The van der Waals surface area contributed by atoms with Crippen LogP contribution in [0.3, 0.4) is 0 Å². The van der Waals surface area contributed by atoms with E-state index in [9.17, 15) is 4.79 Å². The molecule has 0 spiro atoms. The number of rotatable bonds is 3. The van der Waals surface area contributed by atoms with Gasteiger partial charge in [-0.3, -0.25) is 4.79 Å². The SMILES string of the molecule is NC[C@@H]1CCCN1C(=O)c1ccn(-c2cccc(Cl)c2)n1. The van der Waals surface area contributed by atoms with Crippen molar-refractivity contribution in [3.63, 3.8) is 0 Å². The highest BCUT2D eigenvalue weighted by Gasteiger charge is 2.29. The van der Waals surface area contributed by atoms with Crippen molar-refractivity contribution in [1.82, 2.24) is 14.7 Å². The first-order valence-electron chi connectivity index (χ1n) is 7.01. The van der Waals surface area contributed by atoms with E-state index in [4.69, 9.17) is 17.3 Å². The number of hydrogen-bond donors (Lipinski definition) is 1. The molecule has 1 amide bonds. The molecular formula is C15H17ClN4O. The number of amides is 1. The number of benzene rings is 1. The van der Waals surface area contributed by atoms with E-state index in [2.05, 4.69) is 5.10 Å². The van der Waals surface area contributed by atoms with E-state index in [1.165, 1.54) is 0 Å². The molecular weight excluding hydrogens is 288 g/mol. The van der Waals surface area contributed by atoms with Gasteiger partial charge in [0.05, 0.1) is 5.69 Å². The third-order valence-electron chi connectivity index (χ3n) is 3.79. The second kappa shape index (κ2) is 5.87. The summed E-state index contributed by atoms with van der Waals surface area (Å²) in [6.45, 7) is 1.26. The lowest BCUT2D eigenvalue weighted by molar-refractivity contribution is 0.0735. The number of halogens is 1. The Balaban J connectivity index is 1.83. The summed E-state index contributed by atoms with van der Waals surface area (Å²) < 4.78 is 1.66. The average molecular weight is 305 g/mol. The summed E-state index contributed by atoms with van der Waals surface area (Å²) in [5, 5.41) is 5.00. The van der Waals surface area contributed by atoms with Gasteiger partial charge in [0.25, 0.3) is 5.91 Å². The van der Waals surface area contributed by atoms with Crippen LogP contribution in [0.4, 0.5) is 0 Å². The van der Waals surface area contributed by atoms with Gasteiger partial charge in [-0.1, -0.05) is 17.7 Å². The number of carbonyl (C=O) groups is 1. The summed E-state index contributed by atoms with van der Waals surface area (Å²) in [4.78, 5) is 14.3. The van der Waals surface area contributed by atoms with Gasteiger partial charge in [-0.15, -0.1) is 0 Å². The molecule has 0 aliphatic carbocycles. The van der Waals surface area contributed by atoms with Crippen LogP contribution in [0.1, 0.15) is 23.3 Å². The summed E-state index contributed by atoms with van der Waals surface area (Å²) in [5.74, 6) is -0.0521. The van der Waals surface area contributed by atoms with Gasteiger partial charge in [0.2, 0.25) is 0 Å².